The molecular weight excluding hydrogens is 306 g/mol. The monoisotopic (exact) mass is 309 g/mol. The molecule has 0 saturated heterocycles. The second-order valence-corrected chi connectivity index (χ2v) is 4.35. The quantitative estimate of drug-likeness (QED) is 0.644. The van der Waals surface area contributed by atoms with Crippen molar-refractivity contribution in [1.29, 1.82) is 0 Å². The van der Waals surface area contributed by atoms with Crippen LogP contribution in [-0.2, 0) is 6.18 Å². The number of aromatic nitrogens is 1. The zero-order valence-electron chi connectivity index (χ0n) is 7.65. The van der Waals surface area contributed by atoms with Crippen LogP contribution < -0.4 is 0 Å². The molecule has 1 heterocycles. The molecule has 0 fully saturated rings. The fraction of sp³-hybridized carbons (Fsp3) is 0.100. The van der Waals surface area contributed by atoms with E-state index >= 15 is 0 Å². The lowest BCUT2D eigenvalue weighted by Crippen LogP contribution is -2.06. The molecule has 0 saturated carbocycles. The predicted octanol–water partition coefficient (Wildman–Crippen LogP) is 4.67. The van der Waals surface area contributed by atoms with Crippen LogP contribution in [-0.4, -0.2) is 4.98 Å². The first kappa shape index (κ1) is 11.7. The number of nitrogens with zero attached hydrogens (tertiary/aromatic N) is 1. The maximum absolute atomic E-state index is 12.7. The third-order valence-corrected chi connectivity index (χ3v) is 3.18. The number of para-hydroxylation sites is 1. The number of benzene rings is 1. The fourth-order valence-corrected chi connectivity index (χ4v) is 1.85. The van der Waals surface area contributed by atoms with Crippen molar-refractivity contribution in [2.45, 2.75) is 6.18 Å². The molecule has 1 nitrogen and oxygen atoms in total. The van der Waals surface area contributed by atoms with Crippen LogP contribution in [0.3, 0.4) is 0 Å². The molecule has 1 aromatic carbocycles. The Hall–Kier alpha value is -0.810. The Morgan fingerprint density at radius 3 is 2.56 bits per heavy atom. The maximum atomic E-state index is 12.7. The van der Waals surface area contributed by atoms with Gasteiger partial charge in [0.15, 0.2) is 0 Å². The number of rotatable bonds is 0. The Kier molecular flexibility index (Phi) is 2.84. The number of halogens is 5. The van der Waals surface area contributed by atoms with Crippen LogP contribution in [0.1, 0.15) is 5.56 Å². The number of hydrogen-bond donors (Lipinski definition) is 0. The number of hydrogen-bond acceptors (Lipinski definition) is 1. The van der Waals surface area contributed by atoms with Crippen molar-refractivity contribution in [1.82, 2.24) is 4.98 Å². The minimum absolute atomic E-state index is 0.0178. The highest BCUT2D eigenvalue weighted by Gasteiger charge is 2.33. The predicted molar refractivity (Wildman–Crippen MR) is 59.5 cm³/mol. The summed E-state index contributed by atoms with van der Waals surface area (Å²) in [4.78, 5) is 3.74. The SMILES string of the molecule is FC(F)(F)c1cccc2cc(Br)c(Cl)nc12. The molecule has 0 unspecified atom stereocenters. The molecule has 0 atom stereocenters. The van der Waals surface area contributed by atoms with E-state index < -0.39 is 11.7 Å². The average molecular weight is 310 g/mol. The Balaban J connectivity index is 2.82. The largest absolute Gasteiger partial charge is 0.418 e. The summed E-state index contributed by atoms with van der Waals surface area (Å²) >= 11 is 8.80. The first-order valence-electron chi connectivity index (χ1n) is 4.21. The highest BCUT2D eigenvalue weighted by Crippen LogP contribution is 2.35. The van der Waals surface area contributed by atoms with Gasteiger partial charge in [0.2, 0.25) is 0 Å². The summed E-state index contributed by atoms with van der Waals surface area (Å²) < 4.78 is 38.4. The molecule has 0 bridgehead atoms. The lowest BCUT2D eigenvalue weighted by atomic mass is 10.1. The topological polar surface area (TPSA) is 12.9 Å². The zero-order valence-corrected chi connectivity index (χ0v) is 9.99. The van der Waals surface area contributed by atoms with E-state index in [1.54, 1.807) is 6.07 Å². The molecule has 0 spiro atoms. The van der Waals surface area contributed by atoms with Crippen molar-refractivity contribution >= 4 is 38.4 Å². The van der Waals surface area contributed by atoms with E-state index in [4.69, 9.17) is 11.6 Å². The van der Waals surface area contributed by atoms with Gasteiger partial charge in [-0.05, 0) is 28.1 Å². The standard InChI is InChI=1S/C10H4BrClF3N/c11-7-4-5-2-1-3-6(10(13,14)15)8(5)16-9(7)12/h1-4H. The number of pyridine rings is 1. The number of alkyl halides is 3. The maximum Gasteiger partial charge on any atom is 0.418 e. The van der Waals surface area contributed by atoms with Gasteiger partial charge >= 0.3 is 6.18 Å². The molecule has 2 rings (SSSR count). The van der Waals surface area contributed by atoms with Gasteiger partial charge in [0.25, 0.3) is 0 Å². The van der Waals surface area contributed by atoms with Crippen LogP contribution in [0.25, 0.3) is 10.9 Å². The average Bonchev–Trinajstić information content (AvgIpc) is 2.17. The third-order valence-electron chi connectivity index (χ3n) is 2.06. The Morgan fingerprint density at radius 2 is 1.94 bits per heavy atom. The van der Waals surface area contributed by atoms with E-state index in [1.807, 2.05) is 0 Å². The molecule has 2 aromatic rings. The molecule has 6 heteroatoms. The van der Waals surface area contributed by atoms with Crippen molar-refractivity contribution in [3.05, 3.63) is 39.5 Å². The molecule has 0 radical (unpaired) electrons. The summed E-state index contributed by atoms with van der Waals surface area (Å²) in [6, 6.07) is 5.39. The van der Waals surface area contributed by atoms with Crippen molar-refractivity contribution in [3.63, 3.8) is 0 Å². The van der Waals surface area contributed by atoms with Crippen molar-refractivity contribution in [2.24, 2.45) is 0 Å². The highest BCUT2D eigenvalue weighted by atomic mass is 79.9. The van der Waals surface area contributed by atoms with Gasteiger partial charge in [-0.1, -0.05) is 23.7 Å². The van der Waals surface area contributed by atoms with Crippen LogP contribution in [0.4, 0.5) is 13.2 Å². The van der Waals surface area contributed by atoms with E-state index in [-0.39, 0.29) is 10.7 Å². The lowest BCUT2D eigenvalue weighted by Gasteiger charge is -2.10. The summed E-state index contributed by atoms with van der Waals surface area (Å²) in [6.45, 7) is 0. The summed E-state index contributed by atoms with van der Waals surface area (Å²) in [5.74, 6) is 0. The Labute approximate surface area is 102 Å². The molecule has 0 aliphatic carbocycles. The molecule has 0 amide bonds. The first-order valence-corrected chi connectivity index (χ1v) is 5.38. The molecule has 0 aliphatic heterocycles. The summed E-state index contributed by atoms with van der Waals surface area (Å²) in [5, 5.41) is 0.412. The van der Waals surface area contributed by atoms with Crippen LogP contribution in [0.15, 0.2) is 28.7 Å². The van der Waals surface area contributed by atoms with E-state index in [1.165, 1.54) is 12.1 Å². The minimum atomic E-state index is -4.43. The van der Waals surface area contributed by atoms with Crippen LogP contribution in [0, 0.1) is 0 Å². The van der Waals surface area contributed by atoms with Gasteiger partial charge in [-0.3, -0.25) is 0 Å². The molecule has 1 aromatic heterocycles. The van der Waals surface area contributed by atoms with Gasteiger partial charge in [0.1, 0.15) is 5.15 Å². The molecule has 0 aliphatic rings. The Bertz CT molecular complexity index is 553. The molecule has 0 N–H and O–H groups in total. The van der Waals surface area contributed by atoms with E-state index in [9.17, 15) is 13.2 Å². The van der Waals surface area contributed by atoms with Crippen molar-refractivity contribution < 1.29 is 13.2 Å². The number of fused-ring (bicyclic) bond motifs is 1. The molecular formula is C10H4BrClF3N. The highest BCUT2D eigenvalue weighted by molar-refractivity contribution is 9.10. The second kappa shape index (κ2) is 3.89. The van der Waals surface area contributed by atoms with E-state index in [2.05, 4.69) is 20.9 Å². The van der Waals surface area contributed by atoms with Gasteiger partial charge in [-0.15, -0.1) is 0 Å². The Morgan fingerprint density at radius 1 is 1.25 bits per heavy atom. The minimum Gasteiger partial charge on any atom is -0.234 e. The van der Waals surface area contributed by atoms with Crippen molar-refractivity contribution in [3.8, 4) is 0 Å². The zero-order chi connectivity index (χ0) is 11.9. The fourth-order valence-electron chi connectivity index (χ4n) is 1.38. The van der Waals surface area contributed by atoms with Crippen LogP contribution >= 0.6 is 27.5 Å². The van der Waals surface area contributed by atoms with E-state index in [0.717, 1.165) is 6.07 Å². The molecule has 16 heavy (non-hydrogen) atoms. The van der Waals surface area contributed by atoms with Gasteiger partial charge in [-0.2, -0.15) is 13.2 Å². The summed E-state index contributed by atoms with van der Waals surface area (Å²) in [6.07, 6.45) is -4.43. The van der Waals surface area contributed by atoms with Gasteiger partial charge in [-0.25, -0.2) is 4.98 Å². The van der Waals surface area contributed by atoms with Crippen molar-refractivity contribution in [2.75, 3.05) is 0 Å². The van der Waals surface area contributed by atoms with Gasteiger partial charge in [0, 0.05) is 5.39 Å². The summed E-state index contributed by atoms with van der Waals surface area (Å²) in [5.41, 5.74) is -0.914. The lowest BCUT2D eigenvalue weighted by molar-refractivity contribution is -0.136. The second-order valence-electron chi connectivity index (χ2n) is 3.14. The summed E-state index contributed by atoms with van der Waals surface area (Å²) in [7, 11) is 0. The third kappa shape index (κ3) is 2.01. The van der Waals surface area contributed by atoms with Gasteiger partial charge < -0.3 is 0 Å². The van der Waals surface area contributed by atoms with Gasteiger partial charge in [0.05, 0.1) is 15.6 Å². The smallest absolute Gasteiger partial charge is 0.234 e. The first-order chi connectivity index (χ1) is 7.39. The molecule has 84 valence electrons. The normalized spacial score (nSPS) is 12.1. The van der Waals surface area contributed by atoms with Crippen LogP contribution in [0.2, 0.25) is 5.15 Å². The van der Waals surface area contributed by atoms with Crippen LogP contribution in [0.5, 0.6) is 0 Å². The van der Waals surface area contributed by atoms with E-state index in [0.29, 0.717) is 9.86 Å².